The van der Waals surface area contributed by atoms with Crippen molar-refractivity contribution in [3.05, 3.63) is 64.8 Å². The molecular formula is C16H14ClN5O2. The first-order chi connectivity index (χ1) is 11.6. The van der Waals surface area contributed by atoms with E-state index in [1.54, 1.807) is 19.1 Å². The fraction of sp³-hybridized carbons (Fsp3) is 0.125. The average molecular weight is 344 g/mol. The van der Waals surface area contributed by atoms with Crippen molar-refractivity contribution >= 4 is 29.1 Å². The molecule has 0 bridgehead atoms. The standard InChI is InChI=1S/C16H14ClN5O2/c1-10-6-15(22-24-10)21-16(23)13-7-14(20-9-19-13)18-8-11-2-4-12(17)5-3-11/h2-7,9H,8H2,1H3,(H,18,19,20)(H,21,22,23). The van der Waals surface area contributed by atoms with Gasteiger partial charge >= 0.3 is 0 Å². The number of carbonyl (C=O) groups excluding carboxylic acids is 1. The molecule has 24 heavy (non-hydrogen) atoms. The SMILES string of the molecule is Cc1cc(NC(=O)c2cc(NCc3ccc(Cl)cc3)ncn2)no1. The van der Waals surface area contributed by atoms with Gasteiger partial charge in [-0.2, -0.15) is 0 Å². The van der Waals surface area contributed by atoms with E-state index in [1.807, 2.05) is 24.3 Å². The molecular weight excluding hydrogens is 330 g/mol. The van der Waals surface area contributed by atoms with Crippen LogP contribution in [0.1, 0.15) is 21.8 Å². The van der Waals surface area contributed by atoms with Crippen molar-refractivity contribution < 1.29 is 9.32 Å². The summed E-state index contributed by atoms with van der Waals surface area (Å²) in [5.41, 5.74) is 1.27. The van der Waals surface area contributed by atoms with Gasteiger partial charge in [0.25, 0.3) is 5.91 Å². The number of nitrogens with zero attached hydrogens (tertiary/aromatic N) is 3. The molecule has 2 N–H and O–H groups in total. The highest BCUT2D eigenvalue weighted by atomic mass is 35.5. The van der Waals surface area contributed by atoms with Crippen molar-refractivity contribution in [2.24, 2.45) is 0 Å². The zero-order valence-electron chi connectivity index (χ0n) is 12.8. The highest BCUT2D eigenvalue weighted by Gasteiger charge is 2.11. The molecule has 2 heterocycles. The van der Waals surface area contributed by atoms with E-state index in [4.69, 9.17) is 16.1 Å². The molecule has 1 aromatic carbocycles. The van der Waals surface area contributed by atoms with Crippen LogP contribution >= 0.6 is 11.6 Å². The van der Waals surface area contributed by atoms with Gasteiger partial charge in [0.05, 0.1) is 0 Å². The number of nitrogens with one attached hydrogen (secondary N) is 2. The zero-order valence-corrected chi connectivity index (χ0v) is 13.5. The van der Waals surface area contributed by atoms with Crippen LogP contribution in [0.5, 0.6) is 0 Å². The Morgan fingerprint density at radius 2 is 1.96 bits per heavy atom. The van der Waals surface area contributed by atoms with Gasteiger partial charge in [0.1, 0.15) is 23.6 Å². The van der Waals surface area contributed by atoms with Crippen LogP contribution in [0.15, 0.2) is 47.2 Å². The third-order valence-electron chi connectivity index (χ3n) is 3.16. The number of aromatic nitrogens is 3. The van der Waals surface area contributed by atoms with Gasteiger partial charge in [-0.3, -0.25) is 4.79 Å². The molecule has 0 aliphatic carbocycles. The second-order valence-electron chi connectivity index (χ2n) is 5.05. The first kappa shape index (κ1) is 15.9. The topological polar surface area (TPSA) is 92.9 Å². The molecule has 0 saturated carbocycles. The molecule has 7 nitrogen and oxygen atoms in total. The van der Waals surface area contributed by atoms with Gasteiger partial charge < -0.3 is 15.2 Å². The maximum absolute atomic E-state index is 12.2. The van der Waals surface area contributed by atoms with E-state index in [9.17, 15) is 4.79 Å². The van der Waals surface area contributed by atoms with Gasteiger partial charge in [-0.25, -0.2) is 9.97 Å². The number of hydrogen-bond acceptors (Lipinski definition) is 6. The van der Waals surface area contributed by atoms with Gasteiger partial charge in [0.2, 0.25) is 0 Å². The van der Waals surface area contributed by atoms with Gasteiger partial charge in [-0.15, -0.1) is 0 Å². The maximum atomic E-state index is 12.2. The normalized spacial score (nSPS) is 10.4. The molecule has 0 aliphatic rings. The Balaban J connectivity index is 1.64. The molecule has 0 atom stereocenters. The highest BCUT2D eigenvalue weighted by molar-refractivity contribution is 6.30. The molecule has 8 heteroatoms. The molecule has 0 unspecified atom stereocenters. The van der Waals surface area contributed by atoms with Crippen molar-refractivity contribution in [1.82, 2.24) is 15.1 Å². The molecule has 0 saturated heterocycles. The third-order valence-corrected chi connectivity index (χ3v) is 3.41. The number of aryl methyl sites for hydroxylation is 1. The quantitative estimate of drug-likeness (QED) is 0.738. The first-order valence-electron chi connectivity index (χ1n) is 7.15. The Hall–Kier alpha value is -2.93. The molecule has 2 aromatic heterocycles. The lowest BCUT2D eigenvalue weighted by atomic mass is 10.2. The Kier molecular flexibility index (Phi) is 4.72. The van der Waals surface area contributed by atoms with Crippen LogP contribution in [0, 0.1) is 6.92 Å². The summed E-state index contributed by atoms with van der Waals surface area (Å²) >= 11 is 5.86. The maximum Gasteiger partial charge on any atom is 0.275 e. The van der Waals surface area contributed by atoms with Crippen molar-refractivity contribution in [2.75, 3.05) is 10.6 Å². The Morgan fingerprint density at radius 1 is 1.17 bits per heavy atom. The van der Waals surface area contributed by atoms with E-state index in [1.165, 1.54) is 6.33 Å². The summed E-state index contributed by atoms with van der Waals surface area (Å²) in [6.07, 6.45) is 1.33. The van der Waals surface area contributed by atoms with Crippen LogP contribution in [0.4, 0.5) is 11.6 Å². The fourth-order valence-corrected chi connectivity index (χ4v) is 2.10. The Labute approximate surface area is 143 Å². The summed E-state index contributed by atoms with van der Waals surface area (Å²) in [6, 6.07) is 10.7. The number of carbonyl (C=O) groups is 1. The predicted octanol–water partition coefficient (Wildman–Crippen LogP) is 3.29. The van der Waals surface area contributed by atoms with Crippen molar-refractivity contribution in [2.45, 2.75) is 13.5 Å². The van der Waals surface area contributed by atoms with Crippen molar-refractivity contribution in [1.29, 1.82) is 0 Å². The van der Waals surface area contributed by atoms with Crippen LogP contribution in [0.3, 0.4) is 0 Å². The second kappa shape index (κ2) is 7.10. The molecule has 0 spiro atoms. The number of amides is 1. The van der Waals surface area contributed by atoms with Crippen LogP contribution in [-0.2, 0) is 6.54 Å². The molecule has 0 radical (unpaired) electrons. The molecule has 0 fully saturated rings. The minimum Gasteiger partial charge on any atom is -0.366 e. The van der Waals surface area contributed by atoms with Crippen LogP contribution in [0.2, 0.25) is 5.02 Å². The summed E-state index contributed by atoms with van der Waals surface area (Å²) < 4.78 is 4.90. The lowest BCUT2D eigenvalue weighted by molar-refractivity contribution is 0.102. The average Bonchev–Trinajstić information content (AvgIpc) is 2.99. The minimum atomic E-state index is -0.389. The van der Waals surface area contributed by atoms with E-state index in [0.717, 1.165) is 5.56 Å². The van der Waals surface area contributed by atoms with Gasteiger partial charge in [-0.05, 0) is 24.6 Å². The number of anilines is 2. The molecule has 122 valence electrons. The molecule has 1 amide bonds. The van der Waals surface area contributed by atoms with Crippen LogP contribution < -0.4 is 10.6 Å². The Bertz CT molecular complexity index is 848. The Morgan fingerprint density at radius 3 is 2.67 bits per heavy atom. The summed E-state index contributed by atoms with van der Waals surface area (Å²) in [5, 5.41) is 10.1. The molecule has 3 aromatic rings. The van der Waals surface area contributed by atoms with E-state index in [2.05, 4.69) is 25.8 Å². The van der Waals surface area contributed by atoms with E-state index in [-0.39, 0.29) is 11.6 Å². The number of hydrogen-bond donors (Lipinski definition) is 2. The lowest BCUT2D eigenvalue weighted by Gasteiger charge is -2.07. The van der Waals surface area contributed by atoms with Gasteiger partial charge in [0, 0.05) is 23.7 Å². The predicted molar refractivity (Wildman–Crippen MR) is 90.0 cm³/mol. The van der Waals surface area contributed by atoms with Crippen molar-refractivity contribution in [3.63, 3.8) is 0 Å². The number of benzene rings is 1. The fourth-order valence-electron chi connectivity index (χ4n) is 1.98. The summed E-state index contributed by atoms with van der Waals surface area (Å²) in [5.74, 6) is 1.10. The van der Waals surface area contributed by atoms with Gasteiger partial charge in [0.15, 0.2) is 5.82 Å². The highest BCUT2D eigenvalue weighted by Crippen LogP contribution is 2.13. The summed E-state index contributed by atoms with van der Waals surface area (Å²) in [6.45, 7) is 2.30. The van der Waals surface area contributed by atoms with Gasteiger partial charge in [-0.1, -0.05) is 28.9 Å². The zero-order chi connectivity index (χ0) is 16.9. The van der Waals surface area contributed by atoms with E-state index in [0.29, 0.717) is 29.0 Å². The lowest BCUT2D eigenvalue weighted by Crippen LogP contribution is -2.14. The number of halogens is 1. The smallest absolute Gasteiger partial charge is 0.275 e. The van der Waals surface area contributed by atoms with Crippen LogP contribution in [-0.4, -0.2) is 21.0 Å². The first-order valence-corrected chi connectivity index (χ1v) is 7.53. The molecule has 0 aliphatic heterocycles. The van der Waals surface area contributed by atoms with E-state index < -0.39 is 0 Å². The summed E-state index contributed by atoms with van der Waals surface area (Å²) in [7, 11) is 0. The number of rotatable bonds is 5. The third kappa shape index (κ3) is 4.08. The second-order valence-corrected chi connectivity index (χ2v) is 5.48. The largest absolute Gasteiger partial charge is 0.366 e. The van der Waals surface area contributed by atoms with E-state index >= 15 is 0 Å². The van der Waals surface area contributed by atoms with Crippen LogP contribution in [0.25, 0.3) is 0 Å². The molecule has 3 rings (SSSR count). The monoisotopic (exact) mass is 343 g/mol. The van der Waals surface area contributed by atoms with Crippen molar-refractivity contribution in [3.8, 4) is 0 Å². The minimum absolute atomic E-state index is 0.226. The summed E-state index contributed by atoms with van der Waals surface area (Å²) in [4.78, 5) is 20.2.